The van der Waals surface area contributed by atoms with Gasteiger partial charge in [0.25, 0.3) is 0 Å². The summed E-state index contributed by atoms with van der Waals surface area (Å²) < 4.78 is 6.10. The molecule has 0 aliphatic carbocycles. The number of unbranched alkanes of at least 4 members (excludes halogenated alkanes) is 1. The van der Waals surface area contributed by atoms with Crippen LogP contribution in [0.15, 0.2) is 22.6 Å². The lowest BCUT2D eigenvalue weighted by atomic mass is 10.0. The summed E-state index contributed by atoms with van der Waals surface area (Å²) in [5.41, 5.74) is 3.88. The first-order chi connectivity index (χ1) is 10.2. The fourth-order valence-corrected chi connectivity index (χ4v) is 2.75. The molecule has 2 nitrogen and oxygen atoms in total. The van der Waals surface area contributed by atoms with Gasteiger partial charge in [-0.2, -0.15) is 0 Å². The third-order valence-electron chi connectivity index (χ3n) is 3.93. The molecule has 1 aromatic heterocycles. The molecule has 0 amide bonds. The van der Waals surface area contributed by atoms with Crippen LogP contribution in [0.4, 0.5) is 0 Å². The van der Waals surface area contributed by atoms with Gasteiger partial charge < -0.3 is 9.73 Å². The molecule has 0 aliphatic heterocycles. The first kappa shape index (κ1) is 16.1. The van der Waals surface area contributed by atoms with E-state index in [0.717, 1.165) is 30.7 Å². The van der Waals surface area contributed by atoms with Gasteiger partial charge in [0.2, 0.25) is 0 Å². The molecule has 2 heteroatoms. The Bertz CT molecular complexity index is 568. The van der Waals surface area contributed by atoms with Crippen molar-refractivity contribution in [2.75, 3.05) is 0 Å². The quantitative estimate of drug-likeness (QED) is 0.719. The first-order valence-electron chi connectivity index (χ1n) is 8.42. The fraction of sp³-hybridized carbons (Fsp3) is 0.579. The molecule has 0 radical (unpaired) electrons. The van der Waals surface area contributed by atoms with Gasteiger partial charge in [0.05, 0.1) is 6.54 Å². The number of aryl methyl sites for hydroxylation is 2. The molecule has 116 valence electrons. The van der Waals surface area contributed by atoms with Gasteiger partial charge >= 0.3 is 0 Å². The molecule has 0 atom stereocenters. The number of furan rings is 1. The summed E-state index contributed by atoms with van der Waals surface area (Å²) >= 11 is 0. The van der Waals surface area contributed by atoms with Crippen molar-refractivity contribution in [3.8, 4) is 0 Å². The van der Waals surface area contributed by atoms with E-state index in [1.165, 1.54) is 35.8 Å². The molecule has 2 rings (SSSR count). The van der Waals surface area contributed by atoms with Crippen molar-refractivity contribution in [2.24, 2.45) is 0 Å². The van der Waals surface area contributed by atoms with E-state index in [4.69, 9.17) is 4.42 Å². The van der Waals surface area contributed by atoms with Crippen molar-refractivity contribution in [1.29, 1.82) is 0 Å². The Morgan fingerprint density at radius 3 is 2.57 bits per heavy atom. The van der Waals surface area contributed by atoms with Crippen molar-refractivity contribution in [1.82, 2.24) is 5.32 Å². The summed E-state index contributed by atoms with van der Waals surface area (Å²) in [7, 11) is 0. The summed E-state index contributed by atoms with van der Waals surface area (Å²) in [5.74, 6) is 1.12. The van der Waals surface area contributed by atoms with Gasteiger partial charge in [0, 0.05) is 17.0 Å². The largest absolute Gasteiger partial charge is 0.459 e. The molecule has 1 aromatic carbocycles. The van der Waals surface area contributed by atoms with Crippen LogP contribution in [0.2, 0.25) is 0 Å². The standard InChI is InChI=1S/C19H29NO/c1-5-7-9-15-10-11-18-17(12-15)16(8-6-2)19(21-18)13-20-14(3)4/h10-12,14,20H,5-9,13H2,1-4H3. The number of rotatable bonds is 8. The molecule has 2 aromatic rings. The number of nitrogens with one attached hydrogen (secondary N) is 1. The van der Waals surface area contributed by atoms with Crippen LogP contribution in [0.25, 0.3) is 11.0 Å². The van der Waals surface area contributed by atoms with E-state index in [0.29, 0.717) is 6.04 Å². The number of hydrogen-bond donors (Lipinski definition) is 1. The van der Waals surface area contributed by atoms with Crippen molar-refractivity contribution >= 4 is 11.0 Å². The Morgan fingerprint density at radius 2 is 1.90 bits per heavy atom. The van der Waals surface area contributed by atoms with Gasteiger partial charge in [-0.3, -0.25) is 0 Å². The van der Waals surface area contributed by atoms with Crippen molar-refractivity contribution in [3.63, 3.8) is 0 Å². The highest BCUT2D eigenvalue weighted by Gasteiger charge is 2.14. The van der Waals surface area contributed by atoms with Crippen LogP contribution in [0.5, 0.6) is 0 Å². The second-order valence-electron chi connectivity index (χ2n) is 6.22. The minimum absolute atomic E-state index is 0.479. The van der Waals surface area contributed by atoms with Crippen molar-refractivity contribution < 1.29 is 4.42 Å². The molecular formula is C19H29NO. The van der Waals surface area contributed by atoms with Crippen LogP contribution in [0, 0.1) is 0 Å². The number of benzene rings is 1. The van der Waals surface area contributed by atoms with Gasteiger partial charge in [-0.05, 0) is 37.0 Å². The second-order valence-corrected chi connectivity index (χ2v) is 6.22. The zero-order valence-corrected chi connectivity index (χ0v) is 14.0. The second kappa shape index (κ2) is 7.65. The van der Waals surface area contributed by atoms with E-state index in [1.54, 1.807) is 0 Å². The van der Waals surface area contributed by atoms with E-state index < -0.39 is 0 Å². The monoisotopic (exact) mass is 287 g/mol. The molecule has 0 saturated heterocycles. The number of fused-ring (bicyclic) bond motifs is 1. The molecule has 0 saturated carbocycles. The third-order valence-corrected chi connectivity index (χ3v) is 3.93. The predicted octanol–water partition coefficient (Wildman–Crippen LogP) is 5.23. The summed E-state index contributed by atoms with van der Waals surface area (Å²) in [5, 5.41) is 4.80. The lowest BCUT2D eigenvalue weighted by Crippen LogP contribution is -2.22. The van der Waals surface area contributed by atoms with Crippen LogP contribution in [0.1, 0.15) is 63.8 Å². The van der Waals surface area contributed by atoms with Gasteiger partial charge in [-0.25, -0.2) is 0 Å². The average molecular weight is 287 g/mol. The van der Waals surface area contributed by atoms with Crippen LogP contribution < -0.4 is 5.32 Å². The zero-order valence-electron chi connectivity index (χ0n) is 14.0. The van der Waals surface area contributed by atoms with Crippen LogP contribution in [-0.4, -0.2) is 6.04 Å². The van der Waals surface area contributed by atoms with Crippen LogP contribution in [-0.2, 0) is 19.4 Å². The lowest BCUT2D eigenvalue weighted by molar-refractivity contribution is 0.483. The maximum Gasteiger partial charge on any atom is 0.134 e. The smallest absolute Gasteiger partial charge is 0.134 e. The Morgan fingerprint density at radius 1 is 1.10 bits per heavy atom. The van der Waals surface area contributed by atoms with E-state index in [1.807, 2.05) is 0 Å². The van der Waals surface area contributed by atoms with E-state index in [9.17, 15) is 0 Å². The summed E-state index contributed by atoms with van der Waals surface area (Å²) in [6, 6.07) is 7.20. The molecule has 0 fully saturated rings. The molecule has 0 unspecified atom stereocenters. The molecule has 1 N–H and O–H groups in total. The lowest BCUT2D eigenvalue weighted by Gasteiger charge is -2.07. The molecule has 0 spiro atoms. The van der Waals surface area contributed by atoms with Crippen molar-refractivity contribution in [2.45, 2.75) is 72.4 Å². The fourth-order valence-electron chi connectivity index (χ4n) is 2.75. The first-order valence-corrected chi connectivity index (χ1v) is 8.42. The highest BCUT2D eigenvalue weighted by atomic mass is 16.3. The van der Waals surface area contributed by atoms with Crippen LogP contribution >= 0.6 is 0 Å². The summed E-state index contributed by atoms with van der Waals surface area (Å²) in [6.45, 7) is 9.65. The molecule has 0 aliphatic rings. The maximum absolute atomic E-state index is 6.10. The summed E-state index contributed by atoms with van der Waals surface area (Å²) in [4.78, 5) is 0. The Labute approximate surface area is 128 Å². The minimum Gasteiger partial charge on any atom is -0.459 e. The van der Waals surface area contributed by atoms with Crippen LogP contribution in [0.3, 0.4) is 0 Å². The SMILES string of the molecule is CCCCc1ccc2oc(CNC(C)C)c(CCC)c2c1. The zero-order chi connectivity index (χ0) is 15.2. The highest BCUT2D eigenvalue weighted by Crippen LogP contribution is 2.28. The summed E-state index contributed by atoms with van der Waals surface area (Å²) in [6.07, 6.45) is 5.92. The minimum atomic E-state index is 0.479. The molecule has 0 bridgehead atoms. The molecule has 21 heavy (non-hydrogen) atoms. The van der Waals surface area contributed by atoms with Gasteiger partial charge in [-0.15, -0.1) is 0 Å². The topological polar surface area (TPSA) is 25.2 Å². The van der Waals surface area contributed by atoms with E-state index in [2.05, 4.69) is 51.2 Å². The van der Waals surface area contributed by atoms with Gasteiger partial charge in [0.1, 0.15) is 11.3 Å². The highest BCUT2D eigenvalue weighted by molar-refractivity contribution is 5.83. The normalized spacial score (nSPS) is 11.7. The Hall–Kier alpha value is -1.28. The Balaban J connectivity index is 2.33. The molecular weight excluding hydrogens is 258 g/mol. The molecule has 1 heterocycles. The average Bonchev–Trinajstić information content (AvgIpc) is 2.81. The van der Waals surface area contributed by atoms with Gasteiger partial charge in [0.15, 0.2) is 0 Å². The maximum atomic E-state index is 6.10. The van der Waals surface area contributed by atoms with Crippen molar-refractivity contribution in [3.05, 3.63) is 35.1 Å². The predicted molar refractivity (Wildman–Crippen MR) is 90.8 cm³/mol. The van der Waals surface area contributed by atoms with E-state index in [-0.39, 0.29) is 0 Å². The van der Waals surface area contributed by atoms with Gasteiger partial charge in [-0.1, -0.05) is 46.6 Å². The Kier molecular flexibility index (Phi) is 5.86. The van der Waals surface area contributed by atoms with E-state index >= 15 is 0 Å². The number of hydrogen-bond acceptors (Lipinski definition) is 2. The third kappa shape index (κ3) is 4.10.